The van der Waals surface area contributed by atoms with E-state index in [9.17, 15) is 5.11 Å². The van der Waals surface area contributed by atoms with Crippen molar-refractivity contribution in [3.63, 3.8) is 0 Å². The summed E-state index contributed by atoms with van der Waals surface area (Å²) in [5, 5.41) is 9.71. The molecule has 0 amide bonds. The zero-order valence-electron chi connectivity index (χ0n) is 10.1. The summed E-state index contributed by atoms with van der Waals surface area (Å²) >= 11 is 4.12. The van der Waals surface area contributed by atoms with Gasteiger partial charge < -0.3 is 5.11 Å². The lowest BCUT2D eigenvalue weighted by Crippen LogP contribution is -2.25. The first-order valence-corrected chi connectivity index (χ1v) is 6.23. The van der Waals surface area contributed by atoms with Crippen molar-refractivity contribution in [2.75, 3.05) is 5.75 Å². The number of thiol groups is 1. The first-order chi connectivity index (χ1) is 6.27. The van der Waals surface area contributed by atoms with E-state index in [1.807, 2.05) is 6.92 Å². The number of unbranched alkanes of at least 4 members (excludes halogenated alkanes) is 2. The van der Waals surface area contributed by atoms with E-state index < -0.39 is 5.60 Å². The Balaban J connectivity index is 3.39. The first-order valence-electron chi connectivity index (χ1n) is 5.60. The summed E-state index contributed by atoms with van der Waals surface area (Å²) in [4.78, 5) is 0. The fourth-order valence-electron chi connectivity index (χ4n) is 1.42. The van der Waals surface area contributed by atoms with Crippen LogP contribution in [0.3, 0.4) is 0 Å². The predicted molar refractivity (Wildman–Crippen MR) is 67.0 cm³/mol. The predicted octanol–water partition coefficient (Wildman–Crippen LogP) is 3.66. The Labute approximate surface area is 94.7 Å². The molecule has 1 N–H and O–H groups in total. The van der Waals surface area contributed by atoms with Crippen LogP contribution in [-0.2, 0) is 0 Å². The van der Waals surface area contributed by atoms with Gasteiger partial charge in [-0.25, -0.2) is 0 Å². The van der Waals surface area contributed by atoms with Gasteiger partial charge in [-0.1, -0.05) is 40.0 Å². The van der Waals surface area contributed by atoms with Gasteiger partial charge in [0.25, 0.3) is 0 Å². The van der Waals surface area contributed by atoms with Gasteiger partial charge in [-0.15, -0.1) is 0 Å². The van der Waals surface area contributed by atoms with Gasteiger partial charge in [0.1, 0.15) is 0 Å². The molecular weight excluding hydrogens is 192 g/mol. The van der Waals surface area contributed by atoms with Crippen LogP contribution in [0.2, 0.25) is 0 Å². The second-order valence-corrected chi connectivity index (χ2v) is 6.09. The van der Waals surface area contributed by atoms with E-state index in [4.69, 9.17) is 0 Å². The van der Waals surface area contributed by atoms with Gasteiger partial charge in [0.2, 0.25) is 0 Å². The lowest BCUT2D eigenvalue weighted by atomic mass is 9.89. The smallest absolute Gasteiger partial charge is 0.0707 e. The Morgan fingerprint density at radius 2 is 1.43 bits per heavy atom. The van der Waals surface area contributed by atoms with Gasteiger partial charge in [-0.05, 0) is 25.2 Å². The van der Waals surface area contributed by atoms with Gasteiger partial charge in [0.05, 0.1) is 5.60 Å². The highest BCUT2D eigenvalue weighted by Gasteiger charge is 2.17. The fraction of sp³-hybridized carbons (Fsp3) is 1.00. The van der Waals surface area contributed by atoms with Crippen LogP contribution in [0, 0.1) is 5.41 Å². The minimum atomic E-state index is -0.565. The summed E-state index contributed by atoms with van der Waals surface area (Å²) in [6, 6.07) is 0. The van der Waals surface area contributed by atoms with Crippen molar-refractivity contribution >= 4 is 12.6 Å². The molecule has 0 radical (unpaired) electrons. The molecule has 86 valence electrons. The molecule has 0 aliphatic rings. The molecule has 0 saturated carbocycles. The molecule has 0 aliphatic carbocycles. The second-order valence-electron chi connectivity index (χ2n) is 5.78. The zero-order chi connectivity index (χ0) is 11.2. The molecule has 14 heavy (non-hydrogen) atoms. The van der Waals surface area contributed by atoms with Crippen LogP contribution < -0.4 is 0 Å². The average molecular weight is 218 g/mol. The van der Waals surface area contributed by atoms with Crippen molar-refractivity contribution in [2.24, 2.45) is 5.41 Å². The van der Waals surface area contributed by atoms with Crippen LogP contribution >= 0.6 is 12.6 Å². The molecule has 0 aromatic heterocycles. The van der Waals surface area contributed by atoms with E-state index in [1.165, 1.54) is 19.3 Å². The third-order valence-corrected chi connectivity index (χ3v) is 3.16. The summed E-state index contributed by atoms with van der Waals surface area (Å²) in [6.45, 7) is 8.69. The van der Waals surface area contributed by atoms with Crippen molar-refractivity contribution in [1.29, 1.82) is 0 Å². The van der Waals surface area contributed by atoms with E-state index >= 15 is 0 Å². The molecule has 0 spiro atoms. The topological polar surface area (TPSA) is 20.2 Å². The monoisotopic (exact) mass is 218 g/mol. The maximum atomic E-state index is 9.71. The Hall–Kier alpha value is 0.310. The molecule has 0 rings (SSSR count). The van der Waals surface area contributed by atoms with E-state index in [1.54, 1.807) is 0 Å². The molecule has 0 fully saturated rings. The highest BCUT2D eigenvalue weighted by atomic mass is 32.1. The zero-order valence-corrected chi connectivity index (χ0v) is 11.0. The third-order valence-electron chi connectivity index (χ3n) is 2.48. The van der Waals surface area contributed by atoms with Crippen molar-refractivity contribution < 1.29 is 5.11 Å². The molecular formula is C12H26OS. The molecule has 0 aromatic rings. The molecule has 0 saturated heterocycles. The van der Waals surface area contributed by atoms with E-state index in [0.717, 1.165) is 12.8 Å². The van der Waals surface area contributed by atoms with Crippen LogP contribution in [0.5, 0.6) is 0 Å². The number of rotatable bonds is 6. The molecule has 0 heterocycles. The van der Waals surface area contributed by atoms with Crippen LogP contribution in [0.4, 0.5) is 0 Å². The number of aliphatic hydroxyl groups is 1. The Morgan fingerprint density at radius 3 is 1.86 bits per heavy atom. The van der Waals surface area contributed by atoms with Crippen LogP contribution in [0.25, 0.3) is 0 Å². The van der Waals surface area contributed by atoms with Gasteiger partial charge in [0, 0.05) is 5.75 Å². The van der Waals surface area contributed by atoms with Crippen molar-refractivity contribution in [2.45, 2.75) is 65.4 Å². The quantitative estimate of drug-likeness (QED) is 0.515. The van der Waals surface area contributed by atoms with Crippen molar-refractivity contribution in [1.82, 2.24) is 0 Å². The van der Waals surface area contributed by atoms with Crippen LogP contribution in [0.1, 0.15) is 59.8 Å². The normalized spacial score (nSPS) is 16.7. The average Bonchev–Trinajstić information content (AvgIpc) is 2.01. The second kappa shape index (κ2) is 6.02. The maximum Gasteiger partial charge on any atom is 0.0707 e. The largest absolute Gasteiger partial charge is 0.389 e. The number of hydrogen-bond donors (Lipinski definition) is 2. The van der Waals surface area contributed by atoms with E-state index in [2.05, 4.69) is 33.4 Å². The van der Waals surface area contributed by atoms with Crippen LogP contribution in [0.15, 0.2) is 0 Å². The minimum absolute atomic E-state index is 0.450. The van der Waals surface area contributed by atoms with Crippen LogP contribution in [-0.4, -0.2) is 16.5 Å². The Kier molecular flexibility index (Phi) is 6.15. The minimum Gasteiger partial charge on any atom is -0.389 e. The summed E-state index contributed by atoms with van der Waals surface area (Å²) in [7, 11) is 0. The van der Waals surface area contributed by atoms with Gasteiger partial charge in [0.15, 0.2) is 0 Å². The van der Waals surface area contributed by atoms with Crippen molar-refractivity contribution in [3.05, 3.63) is 0 Å². The molecule has 0 aliphatic heterocycles. The molecule has 2 heteroatoms. The van der Waals surface area contributed by atoms with Gasteiger partial charge in [-0.2, -0.15) is 12.6 Å². The lowest BCUT2D eigenvalue weighted by Gasteiger charge is -2.21. The molecule has 1 unspecified atom stereocenters. The fourth-order valence-corrected chi connectivity index (χ4v) is 1.58. The van der Waals surface area contributed by atoms with Gasteiger partial charge >= 0.3 is 0 Å². The Morgan fingerprint density at radius 1 is 0.929 bits per heavy atom. The summed E-state index contributed by atoms with van der Waals surface area (Å²) < 4.78 is 0. The SMILES string of the molecule is CC(C)(C)CCCCCC(C)(O)CS. The molecule has 1 nitrogen and oxygen atoms in total. The maximum absolute atomic E-state index is 9.71. The highest BCUT2D eigenvalue weighted by molar-refractivity contribution is 7.80. The van der Waals surface area contributed by atoms with E-state index in [0.29, 0.717) is 11.2 Å². The third kappa shape index (κ3) is 8.89. The first kappa shape index (κ1) is 14.3. The lowest BCUT2D eigenvalue weighted by molar-refractivity contribution is 0.0732. The highest BCUT2D eigenvalue weighted by Crippen LogP contribution is 2.23. The van der Waals surface area contributed by atoms with Crippen molar-refractivity contribution in [3.8, 4) is 0 Å². The Bertz CT molecular complexity index is 147. The standard InChI is InChI=1S/C12H26OS/c1-11(2,3)8-6-5-7-9-12(4,13)10-14/h13-14H,5-10H2,1-4H3. The summed E-state index contributed by atoms with van der Waals surface area (Å²) in [6.07, 6.45) is 5.76. The summed E-state index contributed by atoms with van der Waals surface area (Å²) in [5.41, 5.74) is -0.114. The summed E-state index contributed by atoms with van der Waals surface area (Å²) in [5.74, 6) is 0.562. The molecule has 0 bridgehead atoms. The number of hydrogen-bond acceptors (Lipinski definition) is 2. The van der Waals surface area contributed by atoms with Gasteiger partial charge in [-0.3, -0.25) is 0 Å². The molecule has 0 aromatic carbocycles. The van der Waals surface area contributed by atoms with E-state index in [-0.39, 0.29) is 0 Å². The molecule has 1 atom stereocenters.